The van der Waals surface area contributed by atoms with E-state index in [4.69, 9.17) is 0 Å². The summed E-state index contributed by atoms with van der Waals surface area (Å²) < 4.78 is 0. The second-order valence-electron chi connectivity index (χ2n) is 3.95. The van der Waals surface area contributed by atoms with Crippen LogP contribution >= 0.6 is 0 Å². The van der Waals surface area contributed by atoms with Crippen molar-refractivity contribution in [2.75, 3.05) is 0 Å². The van der Waals surface area contributed by atoms with Crippen LogP contribution in [0.5, 0.6) is 0 Å². The summed E-state index contributed by atoms with van der Waals surface area (Å²) >= 11 is 0. The molecule has 0 aliphatic carbocycles. The number of rotatable bonds is 4. The van der Waals surface area contributed by atoms with Crippen molar-refractivity contribution in [1.82, 2.24) is 4.98 Å². The molecule has 1 aromatic carbocycles. The zero-order valence-electron chi connectivity index (χ0n) is 9.40. The van der Waals surface area contributed by atoms with Gasteiger partial charge >= 0.3 is 0 Å². The average Bonchev–Trinajstić information content (AvgIpc) is 2.40. The van der Waals surface area contributed by atoms with E-state index in [9.17, 15) is 10.2 Å². The van der Waals surface area contributed by atoms with Crippen LogP contribution in [-0.4, -0.2) is 21.3 Å². The van der Waals surface area contributed by atoms with Gasteiger partial charge in [0.05, 0.1) is 6.10 Å². The molecule has 2 atom stereocenters. The molecule has 3 nitrogen and oxygen atoms in total. The van der Waals surface area contributed by atoms with E-state index >= 15 is 0 Å². The van der Waals surface area contributed by atoms with Crippen LogP contribution in [0.2, 0.25) is 0 Å². The fraction of sp³-hybridized carbons (Fsp3) is 0.214. The monoisotopic (exact) mass is 229 g/mol. The molecule has 3 heteroatoms. The molecule has 88 valence electrons. The molecular weight excluding hydrogens is 214 g/mol. The first-order valence-electron chi connectivity index (χ1n) is 5.58. The molecule has 0 fully saturated rings. The summed E-state index contributed by atoms with van der Waals surface area (Å²) in [6.07, 6.45) is 0.305. The van der Waals surface area contributed by atoms with Crippen molar-refractivity contribution in [3.63, 3.8) is 0 Å². The number of nitrogens with zero attached hydrogens (tertiary/aromatic N) is 1. The SMILES string of the molecule is OC(Cc1ccccn1)C(O)c1ccccc1. The number of hydrogen-bond acceptors (Lipinski definition) is 3. The van der Waals surface area contributed by atoms with Crippen molar-refractivity contribution in [3.8, 4) is 0 Å². The highest BCUT2D eigenvalue weighted by Crippen LogP contribution is 2.18. The Morgan fingerprint density at radius 2 is 1.65 bits per heavy atom. The molecule has 2 N–H and O–H groups in total. The summed E-state index contributed by atoms with van der Waals surface area (Å²) in [6.45, 7) is 0. The van der Waals surface area contributed by atoms with Crippen molar-refractivity contribution in [2.24, 2.45) is 0 Å². The number of benzene rings is 1. The molecule has 1 heterocycles. The molecule has 0 amide bonds. The van der Waals surface area contributed by atoms with Crippen LogP contribution in [0, 0.1) is 0 Å². The number of pyridine rings is 1. The smallest absolute Gasteiger partial charge is 0.105 e. The molecule has 0 aliphatic heterocycles. The Morgan fingerprint density at radius 3 is 2.29 bits per heavy atom. The number of aliphatic hydroxyl groups excluding tert-OH is 2. The van der Waals surface area contributed by atoms with Gasteiger partial charge in [0, 0.05) is 18.3 Å². The second-order valence-corrected chi connectivity index (χ2v) is 3.95. The van der Waals surface area contributed by atoms with Gasteiger partial charge in [-0.25, -0.2) is 0 Å². The van der Waals surface area contributed by atoms with E-state index in [1.54, 1.807) is 18.3 Å². The van der Waals surface area contributed by atoms with Crippen molar-refractivity contribution in [2.45, 2.75) is 18.6 Å². The van der Waals surface area contributed by atoms with Crippen LogP contribution in [0.3, 0.4) is 0 Å². The van der Waals surface area contributed by atoms with Gasteiger partial charge in [0.15, 0.2) is 0 Å². The minimum Gasteiger partial charge on any atom is -0.390 e. The maximum absolute atomic E-state index is 9.97. The van der Waals surface area contributed by atoms with Crippen molar-refractivity contribution >= 4 is 0 Å². The highest BCUT2D eigenvalue weighted by molar-refractivity contribution is 5.19. The normalized spacial score (nSPS) is 14.2. The van der Waals surface area contributed by atoms with Gasteiger partial charge in [0.2, 0.25) is 0 Å². The maximum atomic E-state index is 9.97. The Hall–Kier alpha value is -1.71. The van der Waals surface area contributed by atoms with Gasteiger partial charge < -0.3 is 10.2 Å². The van der Waals surface area contributed by atoms with Crippen LogP contribution in [0.15, 0.2) is 54.7 Å². The Labute approximate surface area is 100 Å². The zero-order valence-corrected chi connectivity index (χ0v) is 9.40. The third-order valence-corrected chi connectivity index (χ3v) is 2.65. The number of hydrogen-bond donors (Lipinski definition) is 2. The van der Waals surface area contributed by atoms with Crippen LogP contribution in [0.1, 0.15) is 17.4 Å². The van der Waals surface area contributed by atoms with E-state index in [-0.39, 0.29) is 0 Å². The molecule has 0 aliphatic rings. The topological polar surface area (TPSA) is 53.4 Å². The fourth-order valence-corrected chi connectivity index (χ4v) is 1.72. The van der Waals surface area contributed by atoms with Gasteiger partial charge in [-0.3, -0.25) is 4.98 Å². The lowest BCUT2D eigenvalue weighted by molar-refractivity contribution is 0.0184. The molecule has 0 saturated heterocycles. The van der Waals surface area contributed by atoms with E-state index in [2.05, 4.69) is 4.98 Å². The Morgan fingerprint density at radius 1 is 0.941 bits per heavy atom. The van der Waals surface area contributed by atoms with E-state index in [0.29, 0.717) is 6.42 Å². The quantitative estimate of drug-likeness (QED) is 0.839. The van der Waals surface area contributed by atoms with Gasteiger partial charge in [0.25, 0.3) is 0 Å². The number of aliphatic hydroxyl groups is 2. The fourth-order valence-electron chi connectivity index (χ4n) is 1.72. The summed E-state index contributed by atoms with van der Waals surface area (Å²) in [5, 5.41) is 19.9. The van der Waals surface area contributed by atoms with Gasteiger partial charge in [-0.2, -0.15) is 0 Å². The first-order valence-corrected chi connectivity index (χ1v) is 5.58. The summed E-state index contributed by atoms with van der Waals surface area (Å²) in [5.41, 5.74) is 1.49. The lowest BCUT2D eigenvalue weighted by Gasteiger charge is -2.17. The van der Waals surface area contributed by atoms with E-state index in [1.807, 2.05) is 36.4 Å². The Kier molecular flexibility index (Phi) is 3.85. The molecule has 0 bridgehead atoms. The summed E-state index contributed by atoms with van der Waals surface area (Å²) in [5.74, 6) is 0. The minimum atomic E-state index is -0.877. The zero-order chi connectivity index (χ0) is 12.1. The lowest BCUT2D eigenvalue weighted by atomic mass is 10.0. The van der Waals surface area contributed by atoms with Gasteiger partial charge in [-0.05, 0) is 17.7 Å². The highest BCUT2D eigenvalue weighted by Gasteiger charge is 2.18. The molecule has 2 unspecified atom stereocenters. The Balaban J connectivity index is 2.03. The standard InChI is InChI=1S/C14H15NO2/c16-13(10-12-8-4-5-9-15-12)14(17)11-6-2-1-3-7-11/h1-9,13-14,16-17H,10H2. The molecule has 0 spiro atoms. The third kappa shape index (κ3) is 3.12. The third-order valence-electron chi connectivity index (χ3n) is 2.65. The first-order chi connectivity index (χ1) is 8.27. The molecule has 0 saturated carbocycles. The van der Waals surface area contributed by atoms with E-state index in [0.717, 1.165) is 11.3 Å². The van der Waals surface area contributed by atoms with Crippen LogP contribution < -0.4 is 0 Å². The predicted molar refractivity (Wildman–Crippen MR) is 65.3 cm³/mol. The highest BCUT2D eigenvalue weighted by atomic mass is 16.3. The van der Waals surface area contributed by atoms with Crippen LogP contribution in [-0.2, 0) is 6.42 Å². The molecular formula is C14H15NO2. The minimum absolute atomic E-state index is 0.344. The van der Waals surface area contributed by atoms with Gasteiger partial charge in [-0.15, -0.1) is 0 Å². The lowest BCUT2D eigenvalue weighted by Crippen LogP contribution is -2.21. The van der Waals surface area contributed by atoms with Crippen LogP contribution in [0.4, 0.5) is 0 Å². The maximum Gasteiger partial charge on any atom is 0.105 e. The Bertz CT molecular complexity index is 444. The molecule has 1 aromatic heterocycles. The largest absolute Gasteiger partial charge is 0.390 e. The second kappa shape index (κ2) is 5.57. The summed E-state index contributed by atoms with van der Waals surface area (Å²) in [4.78, 5) is 4.12. The summed E-state index contributed by atoms with van der Waals surface area (Å²) in [6, 6.07) is 14.7. The van der Waals surface area contributed by atoms with E-state index < -0.39 is 12.2 Å². The van der Waals surface area contributed by atoms with Crippen molar-refractivity contribution in [1.29, 1.82) is 0 Å². The molecule has 0 radical (unpaired) electrons. The first kappa shape index (κ1) is 11.8. The molecule has 17 heavy (non-hydrogen) atoms. The van der Waals surface area contributed by atoms with E-state index in [1.165, 1.54) is 0 Å². The van der Waals surface area contributed by atoms with Gasteiger partial charge in [0.1, 0.15) is 6.10 Å². The summed E-state index contributed by atoms with van der Waals surface area (Å²) in [7, 11) is 0. The van der Waals surface area contributed by atoms with Crippen molar-refractivity contribution < 1.29 is 10.2 Å². The average molecular weight is 229 g/mol. The number of aromatic nitrogens is 1. The van der Waals surface area contributed by atoms with Crippen LogP contribution in [0.25, 0.3) is 0 Å². The van der Waals surface area contributed by atoms with Gasteiger partial charge in [-0.1, -0.05) is 36.4 Å². The van der Waals surface area contributed by atoms with Crippen molar-refractivity contribution in [3.05, 3.63) is 66.0 Å². The molecule has 2 aromatic rings. The predicted octanol–water partition coefficient (Wildman–Crippen LogP) is 1.72. The molecule has 2 rings (SSSR count).